The summed E-state index contributed by atoms with van der Waals surface area (Å²) in [6.07, 6.45) is 0.151. The first-order chi connectivity index (χ1) is 15.0. The van der Waals surface area contributed by atoms with Crippen LogP contribution in [-0.2, 0) is 17.8 Å². The largest absolute Gasteiger partial charge is 0.489 e. The van der Waals surface area contributed by atoms with Crippen molar-refractivity contribution in [2.75, 3.05) is 13.7 Å². The molecule has 5 nitrogen and oxygen atoms in total. The summed E-state index contributed by atoms with van der Waals surface area (Å²) < 4.78 is 10.6. The van der Waals surface area contributed by atoms with Gasteiger partial charge in [0.05, 0.1) is 18.8 Å². The molecule has 0 aliphatic carbocycles. The lowest BCUT2D eigenvalue weighted by Crippen LogP contribution is -2.32. The van der Waals surface area contributed by atoms with E-state index in [0.29, 0.717) is 18.7 Å². The smallest absolute Gasteiger partial charge is 0.337 e. The zero-order chi connectivity index (χ0) is 22.1. The van der Waals surface area contributed by atoms with E-state index in [2.05, 4.69) is 12.2 Å². The lowest BCUT2D eigenvalue weighted by atomic mass is 10.0. The first kappa shape index (κ1) is 25.4. The summed E-state index contributed by atoms with van der Waals surface area (Å²) in [4.78, 5) is 11.5. The molecule has 0 spiro atoms. The predicted molar refractivity (Wildman–Crippen MR) is 128 cm³/mol. The minimum Gasteiger partial charge on any atom is -0.489 e. The maximum absolute atomic E-state index is 11.5. The fraction of sp³-hybridized carbons (Fsp3) is 0.269. The summed E-state index contributed by atoms with van der Waals surface area (Å²) in [5.74, 6) is 0.398. The quantitative estimate of drug-likeness (QED) is 0.432. The number of carbonyl (C=O) groups excluding carboxylic acids is 1. The van der Waals surface area contributed by atoms with E-state index in [0.717, 1.165) is 28.9 Å². The number of methoxy groups -OCH3 is 1. The minimum atomic E-state index is -0.635. The summed E-state index contributed by atoms with van der Waals surface area (Å²) in [6.45, 7) is 2.99. The average molecular weight is 456 g/mol. The van der Waals surface area contributed by atoms with Crippen molar-refractivity contribution in [3.63, 3.8) is 0 Å². The molecule has 0 unspecified atom stereocenters. The van der Waals surface area contributed by atoms with Crippen LogP contribution in [0.2, 0.25) is 0 Å². The van der Waals surface area contributed by atoms with E-state index < -0.39 is 6.10 Å². The van der Waals surface area contributed by atoms with Crippen LogP contribution in [0, 0.1) is 0 Å². The number of aliphatic hydroxyl groups excluding tert-OH is 1. The van der Waals surface area contributed by atoms with Gasteiger partial charge in [0, 0.05) is 12.6 Å². The summed E-state index contributed by atoms with van der Waals surface area (Å²) in [5.41, 5.74) is 3.56. The van der Waals surface area contributed by atoms with E-state index in [-0.39, 0.29) is 24.4 Å². The molecule has 3 rings (SSSR count). The Morgan fingerprint density at radius 2 is 1.69 bits per heavy atom. The van der Waals surface area contributed by atoms with Gasteiger partial charge in [0.2, 0.25) is 0 Å². The first-order valence-corrected chi connectivity index (χ1v) is 10.4. The van der Waals surface area contributed by atoms with Crippen LogP contribution < -0.4 is 10.1 Å². The van der Waals surface area contributed by atoms with Crippen molar-refractivity contribution in [3.8, 4) is 5.75 Å². The van der Waals surface area contributed by atoms with Crippen molar-refractivity contribution in [1.82, 2.24) is 5.32 Å². The minimum absolute atomic E-state index is 0. The first-order valence-electron chi connectivity index (χ1n) is 10.4. The Morgan fingerprint density at radius 3 is 2.38 bits per heavy atom. The van der Waals surface area contributed by atoms with Gasteiger partial charge in [-0.15, -0.1) is 12.4 Å². The summed E-state index contributed by atoms with van der Waals surface area (Å²) >= 11 is 0. The summed E-state index contributed by atoms with van der Waals surface area (Å²) in [5, 5.41) is 14.0. The molecule has 32 heavy (non-hydrogen) atoms. The Kier molecular flexibility index (Phi) is 10.2. The third kappa shape index (κ3) is 7.68. The second-order valence-corrected chi connectivity index (χ2v) is 7.56. The fourth-order valence-corrected chi connectivity index (χ4v) is 3.30. The zero-order valence-electron chi connectivity index (χ0n) is 18.4. The topological polar surface area (TPSA) is 67.8 Å². The highest BCUT2D eigenvalue weighted by Crippen LogP contribution is 2.20. The number of hydrogen-bond donors (Lipinski definition) is 2. The van der Waals surface area contributed by atoms with Crippen LogP contribution in [0.1, 0.15) is 40.1 Å². The maximum atomic E-state index is 11.5. The van der Waals surface area contributed by atoms with Crippen LogP contribution in [-0.4, -0.2) is 30.8 Å². The van der Waals surface area contributed by atoms with Crippen LogP contribution >= 0.6 is 12.4 Å². The molecule has 6 heteroatoms. The molecular weight excluding hydrogens is 426 g/mol. The van der Waals surface area contributed by atoms with Crippen LogP contribution in [0.5, 0.6) is 5.75 Å². The van der Waals surface area contributed by atoms with Gasteiger partial charge in [-0.3, -0.25) is 0 Å². The molecule has 0 saturated carbocycles. The molecule has 0 fully saturated rings. The normalized spacial score (nSPS) is 12.3. The highest BCUT2D eigenvalue weighted by molar-refractivity contribution is 5.89. The number of rotatable bonds is 10. The van der Waals surface area contributed by atoms with Gasteiger partial charge in [-0.05, 0) is 54.3 Å². The molecule has 0 aromatic heterocycles. The van der Waals surface area contributed by atoms with Gasteiger partial charge < -0.3 is 19.9 Å². The van der Waals surface area contributed by atoms with Crippen LogP contribution in [0.15, 0.2) is 78.9 Å². The standard InChI is InChI=1S/C26H29NO4.ClH/c1-19(15-20-11-13-22(14-12-20)26(29)30-2)27-17-25(28)23-9-6-10-24(16-23)31-18-21-7-4-3-5-8-21;/h3-14,16,19,25,27-28H,15,17-18H2,1-2H3;1H/t19-,25+;/m1./s1. The predicted octanol–water partition coefficient (Wildman–Crippen LogP) is 4.73. The molecule has 2 atom stereocenters. The molecule has 3 aromatic rings. The van der Waals surface area contributed by atoms with Crippen molar-refractivity contribution >= 4 is 18.4 Å². The molecule has 3 aromatic carbocycles. The van der Waals surface area contributed by atoms with Crippen LogP contribution in [0.3, 0.4) is 0 Å². The second-order valence-electron chi connectivity index (χ2n) is 7.56. The van der Waals surface area contributed by atoms with Crippen LogP contribution in [0.25, 0.3) is 0 Å². The van der Waals surface area contributed by atoms with Crippen molar-refractivity contribution in [2.24, 2.45) is 0 Å². The van der Waals surface area contributed by atoms with Crippen molar-refractivity contribution < 1.29 is 19.4 Å². The summed E-state index contributed by atoms with van der Waals surface area (Å²) in [7, 11) is 1.37. The Labute approximate surface area is 195 Å². The molecule has 0 aliphatic heterocycles. The third-order valence-corrected chi connectivity index (χ3v) is 5.07. The van der Waals surface area contributed by atoms with Gasteiger partial charge in [-0.25, -0.2) is 4.79 Å². The molecule has 0 saturated heterocycles. The number of benzene rings is 3. The number of carbonyl (C=O) groups is 1. The Hall–Kier alpha value is -2.86. The van der Waals surface area contributed by atoms with Crippen molar-refractivity contribution in [1.29, 1.82) is 0 Å². The van der Waals surface area contributed by atoms with Crippen LogP contribution in [0.4, 0.5) is 0 Å². The van der Waals surface area contributed by atoms with Gasteiger partial charge in [-0.2, -0.15) is 0 Å². The van der Waals surface area contributed by atoms with Crippen molar-refractivity contribution in [2.45, 2.75) is 32.1 Å². The fourth-order valence-electron chi connectivity index (χ4n) is 3.30. The highest BCUT2D eigenvalue weighted by Gasteiger charge is 2.12. The number of esters is 1. The number of ether oxygens (including phenoxy) is 2. The lowest BCUT2D eigenvalue weighted by molar-refractivity contribution is 0.0600. The Morgan fingerprint density at radius 1 is 0.969 bits per heavy atom. The molecule has 0 amide bonds. The molecule has 0 aliphatic rings. The van der Waals surface area contributed by atoms with E-state index in [4.69, 9.17) is 9.47 Å². The number of nitrogens with one attached hydrogen (secondary N) is 1. The van der Waals surface area contributed by atoms with Gasteiger partial charge in [0.25, 0.3) is 0 Å². The molecule has 0 heterocycles. The van der Waals surface area contributed by atoms with Gasteiger partial charge in [0.1, 0.15) is 12.4 Å². The third-order valence-electron chi connectivity index (χ3n) is 5.07. The Balaban J connectivity index is 0.00000363. The average Bonchev–Trinajstić information content (AvgIpc) is 2.82. The SMILES string of the molecule is COC(=O)c1ccc(C[C@@H](C)NC[C@H](O)c2cccc(OCc3ccccc3)c2)cc1.Cl. The van der Waals surface area contributed by atoms with E-state index >= 15 is 0 Å². The van der Waals surface area contributed by atoms with E-state index in [1.54, 1.807) is 12.1 Å². The number of halogens is 1. The Bertz CT molecular complexity index is 963. The van der Waals surface area contributed by atoms with Gasteiger partial charge in [0.15, 0.2) is 0 Å². The molecule has 2 N–H and O–H groups in total. The monoisotopic (exact) mass is 455 g/mol. The lowest BCUT2D eigenvalue weighted by Gasteiger charge is -2.18. The molecular formula is C26H30ClNO4. The van der Waals surface area contributed by atoms with Gasteiger partial charge >= 0.3 is 5.97 Å². The van der Waals surface area contributed by atoms with Gasteiger partial charge in [-0.1, -0.05) is 54.6 Å². The number of aliphatic hydroxyl groups is 1. The van der Waals surface area contributed by atoms with E-state index in [1.807, 2.05) is 66.7 Å². The van der Waals surface area contributed by atoms with E-state index in [1.165, 1.54) is 7.11 Å². The molecule has 0 radical (unpaired) electrons. The summed E-state index contributed by atoms with van der Waals surface area (Å²) in [6, 6.07) is 25.1. The van der Waals surface area contributed by atoms with E-state index in [9.17, 15) is 9.90 Å². The molecule has 170 valence electrons. The van der Waals surface area contributed by atoms with Crippen molar-refractivity contribution in [3.05, 3.63) is 101 Å². The second kappa shape index (κ2) is 12.9. The molecule has 0 bridgehead atoms. The maximum Gasteiger partial charge on any atom is 0.337 e. The number of hydrogen-bond acceptors (Lipinski definition) is 5. The highest BCUT2D eigenvalue weighted by atomic mass is 35.5. The zero-order valence-corrected chi connectivity index (χ0v) is 19.2.